The molecule has 0 unspecified atom stereocenters. The zero-order valence-corrected chi connectivity index (χ0v) is 7.23. The van der Waals surface area contributed by atoms with Crippen molar-refractivity contribution in [2.75, 3.05) is 0 Å². The van der Waals surface area contributed by atoms with Gasteiger partial charge >= 0.3 is 0 Å². The second-order valence-electron chi connectivity index (χ2n) is 2.05. The first-order chi connectivity index (χ1) is 5.76. The number of carbonyl (C=O) groups excluding carboxylic acids is 1. The van der Waals surface area contributed by atoms with Gasteiger partial charge < -0.3 is 0 Å². The van der Waals surface area contributed by atoms with Crippen LogP contribution in [0.2, 0.25) is 0 Å². The Morgan fingerprint density at radius 1 is 1.42 bits per heavy atom. The molecule has 0 aromatic carbocycles. The lowest BCUT2D eigenvalue weighted by Gasteiger charge is -2.02. The minimum absolute atomic E-state index is 0.295. The molecule has 2 nitrogen and oxygen atoms in total. The summed E-state index contributed by atoms with van der Waals surface area (Å²) in [5.74, 6) is 3.91. The molecule has 0 bridgehead atoms. The quantitative estimate of drug-likeness (QED) is 0.369. The van der Waals surface area contributed by atoms with Crippen molar-refractivity contribution in [1.29, 1.82) is 0 Å². The number of hydrogen-bond donors (Lipinski definition) is 0. The van der Waals surface area contributed by atoms with Crippen LogP contribution < -0.4 is 0 Å². The number of amides is 1. The highest BCUT2D eigenvalue weighted by Gasteiger charge is 2.14. The highest BCUT2D eigenvalue weighted by Crippen LogP contribution is 2.08. The Bertz CT molecular complexity index is 273. The zero-order chi connectivity index (χ0) is 9.40. The molecular weight excluding hydrogens is 170 g/mol. The van der Waals surface area contributed by atoms with Gasteiger partial charge in [0.25, 0.3) is 5.91 Å². The molecule has 12 heavy (non-hydrogen) atoms. The Kier molecular flexibility index (Phi) is 5.57. The fraction of sp³-hybridized carbons (Fsp3) is 0.333. The molecule has 3 heteroatoms. The number of thiocarbonyl (C=S) groups is 1. The minimum atomic E-state index is -0.407. The molecule has 0 N–H and O–H groups in total. The van der Waals surface area contributed by atoms with Crippen LogP contribution in [0.25, 0.3) is 0 Å². The minimum Gasteiger partial charge on any atom is -0.271 e. The molecule has 0 aromatic rings. The maximum Gasteiger partial charge on any atom is 0.259 e. The maximum atomic E-state index is 11.0. The average molecular weight is 177 g/mol. The monoisotopic (exact) mass is 177 g/mol. The van der Waals surface area contributed by atoms with Crippen LogP contribution in [0.15, 0.2) is 4.99 Å². The number of aliphatic imine (C=N–C) groups is 1. The van der Waals surface area contributed by atoms with Crippen LogP contribution in [0.3, 0.4) is 0 Å². The molecule has 0 aliphatic heterocycles. The van der Waals surface area contributed by atoms with Gasteiger partial charge in [0, 0.05) is 12.8 Å². The Morgan fingerprint density at radius 2 is 1.92 bits per heavy atom. The summed E-state index contributed by atoms with van der Waals surface area (Å²) in [5.41, 5.74) is 0. The lowest BCUT2D eigenvalue weighted by atomic mass is 10.0. The maximum absolute atomic E-state index is 11.0. The molecule has 0 fully saturated rings. The summed E-state index contributed by atoms with van der Waals surface area (Å²) in [7, 11) is 0. The number of nitrogens with zero attached hydrogens (tertiary/aromatic N) is 1. The van der Waals surface area contributed by atoms with Crippen LogP contribution in [-0.4, -0.2) is 11.1 Å². The van der Waals surface area contributed by atoms with Crippen molar-refractivity contribution in [2.24, 2.45) is 10.9 Å². The summed E-state index contributed by atoms with van der Waals surface area (Å²) in [4.78, 5) is 14.3. The van der Waals surface area contributed by atoms with Gasteiger partial charge in [0.05, 0.1) is 11.1 Å². The molecule has 0 rings (SSSR count). The molecule has 0 heterocycles. The third kappa shape index (κ3) is 3.68. The normalized spacial score (nSPS) is 7.92. The van der Waals surface area contributed by atoms with Crippen LogP contribution in [0.5, 0.6) is 0 Å². The summed E-state index contributed by atoms with van der Waals surface area (Å²) in [5, 5.41) is 1.99. The average Bonchev–Trinajstić information content (AvgIpc) is 2.04. The van der Waals surface area contributed by atoms with E-state index in [0.717, 1.165) is 0 Å². The fourth-order valence-electron chi connectivity index (χ4n) is 0.668. The fourth-order valence-corrected chi connectivity index (χ4v) is 0.758. The van der Waals surface area contributed by atoms with Gasteiger partial charge in [-0.3, -0.25) is 4.79 Å². The van der Waals surface area contributed by atoms with Crippen LogP contribution >= 0.6 is 12.2 Å². The van der Waals surface area contributed by atoms with Gasteiger partial charge in [0.15, 0.2) is 0 Å². The first-order valence-corrected chi connectivity index (χ1v) is 3.65. The Hall–Kier alpha value is -1.41. The van der Waals surface area contributed by atoms with E-state index in [4.69, 9.17) is 12.8 Å². The van der Waals surface area contributed by atoms with E-state index >= 15 is 0 Å². The SMILES string of the molecule is C#CCC(CC#C)C(=O)N=C=S. The number of hydrogen-bond acceptors (Lipinski definition) is 2. The predicted molar refractivity (Wildman–Crippen MR) is 50.4 cm³/mol. The van der Waals surface area contributed by atoms with Crippen molar-refractivity contribution < 1.29 is 4.79 Å². The van der Waals surface area contributed by atoms with Gasteiger partial charge in [-0.25, -0.2) is 0 Å². The van der Waals surface area contributed by atoms with E-state index in [-0.39, 0.29) is 5.91 Å². The number of terminal acetylenes is 2. The van der Waals surface area contributed by atoms with Crippen LogP contribution in [0.4, 0.5) is 0 Å². The molecule has 0 aliphatic rings. The molecule has 1 amide bonds. The number of carbonyl (C=O) groups is 1. The van der Waals surface area contributed by atoms with Gasteiger partial charge in [-0.15, -0.1) is 24.7 Å². The van der Waals surface area contributed by atoms with E-state index in [1.165, 1.54) is 0 Å². The Balaban J connectivity index is 4.32. The van der Waals surface area contributed by atoms with E-state index in [9.17, 15) is 4.79 Å². The molecule has 0 saturated heterocycles. The van der Waals surface area contributed by atoms with Gasteiger partial charge in [-0.2, -0.15) is 4.99 Å². The molecule has 0 atom stereocenters. The lowest BCUT2D eigenvalue weighted by Crippen LogP contribution is -2.10. The van der Waals surface area contributed by atoms with Gasteiger partial charge in [-0.05, 0) is 12.2 Å². The van der Waals surface area contributed by atoms with Crippen LogP contribution in [0.1, 0.15) is 12.8 Å². The standard InChI is InChI=1S/C9H7NOS/c1-3-5-8(6-4-2)9(11)10-7-12/h1-2,8H,5-6H2. The van der Waals surface area contributed by atoms with Crippen molar-refractivity contribution in [3.8, 4) is 24.7 Å². The third-order valence-electron chi connectivity index (χ3n) is 1.23. The first-order valence-electron chi connectivity index (χ1n) is 3.25. The largest absolute Gasteiger partial charge is 0.271 e. The van der Waals surface area contributed by atoms with E-state index in [2.05, 4.69) is 29.1 Å². The second kappa shape index (κ2) is 6.31. The highest BCUT2D eigenvalue weighted by molar-refractivity contribution is 7.78. The molecule has 0 radical (unpaired) electrons. The van der Waals surface area contributed by atoms with Crippen molar-refractivity contribution in [1.82, 2.24) is 0 Å². The van der Waals surface area contributed by atoms with Gasteiger partial charge in [0.2, 0.25) is 0 Å². The number of rotatable bonds is 3. The Labute approximate surface area is 77.1 Å². The van der Waals surface area contributed by atoms with Crippen LogP contribution in [0, 0.1) is 30.6 Å². The second-order valence-corrected chi connectivity index (χ2v) is 2.24. The number of isothiocyanates is 1. The Morgan fingerprint density at radius 3 is 2.25 bits per heavy atom. The highest BCUT2D eigenvalue weighted by atomic mass is 32.1. The summed E-state index contributed by atoms with van der Waals surface area (Å²) in [6, 6.07) is 0. The topological polar surface area (TPSA) is 29.4 Å². The van der Waals surface area contributed by atoms with Crippen molar-refractivity contribution in [2.45, 2.75) is 12.8 Å². The summed E-state index contributed by atoms with van der Waals surface area (Å²) >= 11 is 4.27. The smallest absolute Gasteiger partial charge is 0.259 e. The zero-order valence-electron chi connectivity index (χ0n) is 6.41. The molecule has 0 aliphatic carbocycles. The van der Waals surface area contributed by atoms with E-state index in [1.807, 2.05) is 5.16 Å². The van der Waals surface area contributed by atoms with Crippen molar-refractivity contribution in [3.05, 3.63) is 0 Å². The van der Waals surface area contributed by atoms with Gasteiger partial charge in [0.1, 0.15) is 0 Å². The molecule has 0 spiro atoms. The summed E-state index contributed by atoms with van der Waals surface area (Å²) < 4.78 is 0. The molecular formula is C9H7NOS. The van der Waals surface area contributed by atoms with Gasteiger partial charge in [-0.1, -0.05) is 0 Å². The molecule has 60 valence electrons. The molecule has 0 saturated carbocycles. The van der Waals surface area contributed by atoms with E-state index in [0.29, 0.717) is 12.8 Å². The predicted octanol–water partition coefficient (Wildman–Crippen LogP) is 1.28. The van der Waals surface area contributed by atoms with Crippen molar-refractivity contribution >= 4 is 23.3 Å². The summed E-state index contributed by atoms with van der Waals surface area (Å²) in [6.07, 6.45) is 10.7. The van der Waals surface area contributed by atoms with E-state index in [1.54, 1.807) is 0 Å². The first kappa shape index (κ1) is 10.6. The van der Waals surface area contributed by atoms with E-state index < -0.39 is 5.92 Å². The molecule has 0 aromatic heterocycles. The summed E-state index contributed by atoms with van der Waals surface area (Å²) in [6.45, 7) is 0. The van der Waals surface area contributed by atoms with Crippen LogP contribution in [-0.2, 0) is 4.79 Å². The van der Waals surface area contributed by atoms with Crippen molar-refractivity contribution in [3.63, 3.8) is 0 Å². The third-order valence-corrected chi connectivity index (χ3v) is 1.32. The lowest BCUT2D eigenvalue weighted by molar-refractivity contribution is -0.121.